The van der Waals surface area contributed by atoms with Gasteiger partial charge in [-0.1, -0.05) is 15.9 Å². The number of carboxylic acid groups (broad SMARTS) is 1. The summed E-state index contributed by atoms with van der Waals surface area (Å²) in [4.78, 5) is 11.1. The van der Waals surface area contributed by atoms with Crippen LogP contribution in [0.3, 0.4) is 0 Å². The third kappa shape index (κ3) is 4.29. The molecule has 1 aromatic rings. The van der Waals surface area contributed by atoms with Crippen LogP contribution in [0.25, 0.3) is 0 Å². The molecule has 0 heterocycles. The Morgan fingerprint density at radius 3 is 2.60 bits per heavy atom. The van der Waals surface area contributed by atoms with Gasteiger partial charge in [0.15, 0.2) is 9.84 Å². The van der Waals surface area contributed by atoms with Crippen LogP contribution in [0, 0.1) is 6.92 Å². The lowest BCUT2D eigenvalue weighted by Crippen LogP contribution is -2.12. The molecule has 1 aromatic carbocycles. The molecule has 0 radical (unpaired) electrons. The van der Waals surface area contributed by atoms with E-state index in [0.717, 1.165) is 0 Å². The van der Waals surface area contributed by atoms with Crippen molar-refractivity contribution in [1.29, 1.82) is 0 Å². The van der Waals surface area contributed by atoms with Crippen molar-refractivity contribution in [2.24, 2.45) is 0 Å². The SMILES string of the molecule is CCOCCCS(=O)(=O)c1cc(C(=O)O)cc(Br)c1C. The highest BCUT2D eigenvalue weighted by molar-refractivity contribution is 9.10. The fourth-order valence-electron chi connectivity index (χ4n) is 1.71. The van der Waals surface area contributed by atoms with Gasteiger partial charge in [0.1, 0.15) is 0 Å². The lowest BCUT2D eigenvalue weighted by molar-refractivity contribution is 0.0696. The summed E-state index contributed by atoms with van der Waals surface area (Å²) in [6.07, 6.45) is 0.379. The van der Waals surface area contributed by atoms with E-state index in [0.29, 0.717) is 29.7 Å². The van der Waals surface area contributed by atoms with Crippen molar-refractivity contribution < 1.29 is 23.1 Å². The zero-order valence-electron chi connectivity index (χ0n) is 11.3. The van der Waals surface area contributed by atoms with Gasteiger partial charge in [0.05, 0.1) is 16.2 Å². The quantitative estimate of drug-likeness (QED) is 0.752. The molecule has 0 saturated carbocycles. The molecule has 0 atom stereocenters. The highest BCUT2D eigenvalue weighted by atomic mass is 79.9. The largest absolute Gasteiger partial charge is 0.478 e. The van der Waals surface area contributed by atoms with Crippen molar-refractivity contribution in [1.82, 2.24) is 0 Å². The molecule has 0 aromatic heterocycles. The summed E-state index contributed by atoms with van der Waals surface area (Å²) in [5, 5.41) is 9.00. The molecule has 1 N–H and O–H groups in total. The van der Waals surface area contributed by atoms with Crippen LogP contribution in [0.15, 0.2) is 21.5 Å². The van der Waals surface area contributed by atoms with Crippen LogP contribution in [0.2, 0.25) is 0 Å². The van der Waals surface area contributed by atoms with E-state index in [2.05, 4.69) is 15.9 Å². The lowest BCUT2D eigenvalue weighted by atomic mass is 10.1. The Bertz CT molecular complexity index is 595. The van der Waals surface area contributed by atoms with Gasteiger partial charge in [-0.25, -0.2) is 13.2 Å². The molecule has 0 unspecified atom stereocenters. The second-order valence-corrected chi connectivity index (χ2v) is 7.19. The van der Waals surface area contributed by atoms with Gasteiger partial charge in [0, 0.05) is 17.7 Å². The van der Waals surface area contributed by atoms with Crippen LogP contribution in [0.4, 0.5) is 0 Å². The molecule has 5 nitrogen and oxygen atoms in total. The maximum absolute atomic E-state index is 12.3. The number of rotatable bonds is 7. The molecular formula is C13H17BrO5S. The summed E-state index contributed by atoms with van der Waals surface area (Å²) in [7, 11) is -3.52. The Kier molecular flexibility index (Phi) is 6.16. The van der Waals surface area contributed by atoms with Gasteiger partial charge in [-0.05, 0) is 38.0 Å². The van der Waals surface area contributed by atoms with Crippen molar-refractivity contribution in [3.63, 3.8) is 0 Å². The van der Waals surface area contributed by atoms with Gasteiger partial charge >= 0.3 is 5.97 Å². The predicted octanol–water partition coefficient (Wildman–Crippen LogP) is 2.66. The Hall–Kier alpha value is -0.920. The highest BCUT2D eigenvalue weighted by Gasteiger charge is 2.21. The minimum atomic E-state index is -3.52. The molecule has 0 aliphatic rings. The van der Waals surface area contributed by atoms with Crippen molar-refractivity contribution in [3.05, 3.63) is 27.7 Å². The zero-order chi connectivity index (χ0) is 15.3. The smallest absolute Gasteiger partial charge is 0.335 e. The zero-order valence-corrected chi connectivity index (χ0v) is 13.8. The van der Waals surface area contributed by atoms with Crippen LogP contribution in [0.1, 0.15) is 29.3 Å². The van der Waals surface area contributed by atoms with Crippen LogP contribution in [-0.2, 0) is 14.6 Å². The molecule has 0 saturated heterocycles. The Morgan fingerprint density at radius 2 is 2.05 bits per heavy atom. The summed E-state index contributed by atoms with van der Waals surface area (Å²) in [5.41, 5.74) is 0.470. The monoisotopic (exact) mass is 364 g/mol. The van der Waals surface area contributed by atoms with E-state index in [9.17, 15) is 13.2 Å². The van der Waals surface area contributed by atoms with Crippen molar-refractivity contribution in [3.8, 4) is 0 Å². The van der Waals surface area contributed by atoms with E-state index in [1.54, 1.807) is 6.92 Å². The fraction of sp³-hybridized carbons (Fsp3) is 0.462. The summed E-state index contributed by atoms with van der Waals surface area (Å²) in [6.45, 7) is 4.39. The molecule has 0 bridgehead atoms. The number of carbonyl (C=O) groups is 1. The lowest BCUT2D eigenvalue weighted by Gasteiger charge is -2.10. The highest BCUT2D eigenvalue weighted by Crippen LogP contribution is 2.27. The molecule has 0 amide bonds. The van der Waals surface area contributed by atoms with Gasteiger partial charge in [-0.3, -0.25) is 0 Å². The fourth-order valence-corrected chi connectivity index (χ4v) is 3.90. The molecule has 1 rings (SSSR count). The number of hydrogen-bond acceptors (Lipinski definition) is 4. The van der Waals surface area contributed by atoms with E-state index in [1.165, 1.54) is 12.1 Å². The average Bonchev–Trinajstić information content (AvgIpc) is 2.37. The molecule has 0 aliphatic heterocycles. The number of ether oxygens (including phenoxy) is 1. The second kappa shape index (κ2) is 7.19. The molecule has 0 spiro atoms. The third-order valence-corrected chi connectivity index (χ3v) is 5.53. The van der Waals surface area contributed by atoms with Crippen LogP contribution < -0.4 is 0 Å². The minimum Gasteiger partial charge on any atom is -0.478 e. The number of halogens is 1. The summed E-state index contributed by atoms with van der Waals surface area (Å²) >= 11 is 3.20. The van der Waals surface area contributed by atoms with E-state index >= 15 is 0 Å². The van der Waals surface area contributed by atoms with Crippen molar-refractivity contribution in [2.45, 2.75) is 25.2 Å². The third-order valence-electron chi connectivity index (χ3n) is 2.78. The standard InChI is InChI=1S/C13H17BrO5S/c1-3-19-5-4-6-20(17,18)12-8-10(13(15)16)7-11(14)9(12)2/h7-8H,3-6H2,1-2H3,(H,15,16). The molecular weight excluding hydrogens is 348 g/mol. The van der Waals surface area contributed by atoms with E-state index < -0.39 is 15.8 Å². The predicted molar refractivity (Wildman–Crippen MR) is 79.0 cm³/mol. The maximum atomic E-state index is 12.3. The molecule has 20 heavy (non-hydrogen) atoms. The summed E-state index contributed by atoms with van der Waals surface area (Å²) in [6, 6.07) is 2.61. The summed E-state index contributed by atoms with van der Waals surface area (Å²) < 4.78 is 30.1. The van der Waals surface area contributed by atoms with E-state index in [-0.39, 0.29) is 16.2 Å². The number of sulfone groups is 1. The van der Waals surface area contributed by atoms with E-state index in [1.807, 2.05) is 6.92 Å². The normalized spacial score (nSPS) is 11.6. The van der Waals surface area contributed by atoms with Crippen LogP contribution in [-0.4, -0.2) is 38.5 Å². The van der Waals surface area contributed by atoms with Gasteiger partial charge in [-0.2, -0.15) is 0 Å². The molecule has 7 heteroatoms. The van der Waals surface area contributed by atoms with Gasteiger partial charge in [-0.15, -0.1) is 0 Å². The number of benzene rings is 1. The van der Waals surface area contributed by atoms with Crippen LogP contribution in [0.5, 0.6) is 0 Å². The number of aromatic carboxylic acids is 1. The van der Waals surface area contributed by atoms with Crippen molar-refractivity contribution >= 4 is 31.7 Å². The van der Waals surface area contributed by atoms with Crippen molar-refractivity contribution in [2.75, 3.05) is 19.0 Å². The molecule has 112 valence electrons. The molecule has 0 aliphatic carbocycles. The maximum Gasteiger partial charge on any atom is 0.335 e. The Balaban J connectivity index is 3.07. The number of hydrogen-bond donors (Lipinski definition) is 1. The number of carboxylic acids is 1. The first kappa shape index (κ1) is 17.1. The first-order chi connectivity index (χ1) is 9.29. The van der Waals surface area contributed by atoms with Gasteiger partial charge < -0.3 is 9.84 Å². The van der Waals surface area contributed by atoms with Gasteiger partial charge in [0.2, 0.25) is 0 Å². The second-order valence-electron chi connectivity index (χ2n) is 4.26. The first-order valence-electron chi connectivity index (χ1n) is 6.13. The van der Waals surface area contributed by atoms with Crippen LogP contribution >= 0.6 is 15.9 Å². The first-order valence-corrected chi connectivity index (χ1v) is 8.58. The Morgan fingerprint density at radius 1 is 1.40 bits per heavy atom. The minimum absolute atomic E-state index is 0.0501. The Labute approximate surface area is 127 Å². The van der Waals surface area contributed by atoms with Gasteiger partial charge in [0.25, 0.3) is 0 Å². The van der Waals surface area contributed by atoms with E-state index in [4.69, 9.17) is 9.84 Å². The molecule has 0 fully saturated rings. The summed E-state index contributed by atoms with van der Waals surface area (Å²) in [5.74, 6) is -1.22. The topological polar surface area (TPSA) is 80.7 Å². The average molecular weight is 365 g/mol.